The lowest BCUT2D eigenvalue weighted by atomic mass is 9.96. The van der Waals surface area contributed by atoms with Crippen molar-refractivity contribution in [2.24, 2.45) is 0 Å². The van der Waals surface area contributed by atoms with Crippen LogP contribution in [0.25, 0.3) is 0 Å². The highest BCUT2D eigenvalue weighted by molar-refractivity contribution is 7.93. The van der Waals surface area contributed by atoms with E-state index in [1.54, 1.807) is 20.8 Å². The van der Waals surface area contributed by atoms with Crippen LogP contribution in [-0.4, -0.2) is 49.7 Å². The van der Waals surface area contributed by atoms with Crippen LogP contribution in [0.3, 0.4) is 0 Å². The largest absolute Gasteiger partial charge is 0.493 e. The third-order valence-electron chi connectivity index (χ3n) is 6.28. The summed E-state index contributed by atoms with van der Waals surface area (Å²) in [7, 11) is -4.67. The maximum atomic E-state index is 15.4. The number of hydrogen-bond donors (Lipinski definition) is 0. The Hall–Kier alpha value is -3.02. The van der Waals surface area contributed by atoms with E-state index in [2.05, 4.69) is 9.88 Å². The fourth-order valence-electron chi connectivity index (χ4n) is 4.59. The van der Waals surface area contributed by atoms with E-state index in [0.717, 1.165) is 37.3 Å². The van der Waals surface area contributed by atoms with Crippen molar-refractivity contribution in [2.75, 3.05) is 24.0 Å². The Bertz CT molecular complexity index is 1310. The molecule has 0 N–H and O–H groups in total. The molecular formula is C28H34FN3O5S2. The molecule has 1 saturated heterocycles. The van der Waals surface area contributed by atoms with Crippen molar-refractivity contribution < 1.29 is 27.1 Å². The van der Waals surface area contributed by atoms with E-state index in [9.17, 15) is 13.2 Å². The van der Waals surface area contributed by atoms with E-state index >= 15 is 4.39 Å². The molecule has 1 unspecified atom stereocenters. The molecule has 1 fully saturated rings. The Labute approximate surface area is 233 Å². The quantitative estimate of drug-likeness (QED) is 0.355. The molecule has 0 aliphatic carbocycles. The normalized spacial score (nSPS) is 17.7. The van der Waals surface area contributed by atoms with Crippen LogP contribution < -0.4 is 9.04 Å². The zero-order valence-electron chi connectivity index (χ0n) is 22.4. The number of hydrogen-bond acceptors (Lipinski definition) is 8. The summed E-state index contributed by atoms with van der Waals surface area (Å²) in [4.78, 5) is 18.5. The summed E-state index contributed by atoms with van der Waals surface area (Å²) < 4.78 is 53.9. The van der Waals surface area contributed by atoms with E-state index in [-0.39, 0.29) is 11.9 Å². The zero-order valence-corrected chi connectivity index (χ0v) is 24.0. The first kappa shape index (κ1) is 29.0. The van der Waals surface area contributed by atoms with Gasteiger partial charge in [-0.2, -0.15) is 0 Å². The van der Waals surface area contributed by atoms with Gasteiger partial charge in [0.25, 0.3) is 10.0 Å². The SMILES string of the molecule is CC(C)(C)OC(=O)N(c1cscn1)S(=O)(=O)c1cc2c(cc1F)C(N1CCCCC1)CCO2.c1ccccc1. The molecule has 1 atom stereocenters. The second-order valence-corrected chi connectivity index (χ2v) is 12.8. The molecule has 3 heterocycles. The van der Waals surface area contributed by atoms with Crippen molar-refractivity contribution in [3.05, 3.63) is 70.8 Å². The molecule has 3 aromatic rings. The predicted molar refractivity (Wildman–Crippen MR) is 149 cm³/mol. The van der Waals surface area contributed by atoms with Gasteiger partial charge in [-0.1, -0.05) is 42.8 Å². The summed E-state index contributed by atoms with van der Waals surface area (Å²) in [5.41, 5.74) is 1.06. The summed E-state index contributed by atoms with van der Waals surface area (Å²) in [6.07, 6.45) is 2.90. The van der Waals surface area contributed by atoms with Crippen molar-refractivity contribution in [1.82, 2.24) is 9.88 Å². The number of amides is 1. The number of halogens is 1. The molecule has 0 saturated carbocycles. The Balaban J connectivity index is 0.000000519. The van der Waals surface area contributed by atoms with Crippen molar-refractivity contribution in [2.45, 2.75) is 63.0 Å². The number of ether oxygens (including phenoxy) is 2. The number of sulfonamides is 1. The maximum Gasteiger partial charge on any atom is 0.430 e. The number of carbonyl (C=O) groups is 1. The Morgan fingerprint density at radius 1 is 1.10 bits per heavy atom. The molecule has 11 heteroatoms. The van der Waals surface area contributed by atoms with Gasteiger partial charge in [-0.05, 0) is 52.8 Å². The van der Waals surface area contributed by atoms with Gasteiger partial charge in [-0.25, -0.2) is 22.6 Å². The molecule has 2 aromatic carbocycles. The number of piperidine rings is 1. The highest BCUT2D eigenvalue weighted by Gasteiger charge is 2.39. The van der Waals surface area contributed by atoms with Gasteiger partial charge in [0, 0.05) is 29.5 Å². The number of likely N-dealkylation sites (tertiary alicyclic amines) is 1. The van der Waals surface area contributed by atoms with Gasteiger partial charge in [0.15, 0.2) is 5.82 Å². The Morgan fingerprint density at radius 3 is 2.31 bits per heavy atom. The molecule has 39 heavy (non-hydrogen) atoms. The molecule has 0 radical (unpaired) electrons. The second-order valence-electron chi connectivity index (χ2n) is 10.3. The van der Waals surface area contributed by atoms with Gasteiger partial charge in [0.2, 0.25) is 0 Å². The van der Waals surface area contributed by atoms with Crippen molar-refractivity contribution in [1.29, 1.82) is 0 Å². The van der Waals surface area contributed by atoms with Crippen LogP contribution in [0.5, 0.6) is 5.75 Å². The summed E-state index contributed by atoms with van der Waals surface area (Å²) in [5, 5.41) is 1.39. The van der Waals surface area contributed by atoms with E-state index < -0.39 is 32.4 Å². The number of benzene rings is 2. The van der Waals surface area contributed by atoms with Crippen LogP contribution in [0.15, 0.2) is 64.3 Å². The van der Waals surface area contributed by atoms with E-state index in [1.165, 1.54) is 29.4 Å². The average Bonchev–Trinajstić information content (AvgIpc) is 3.42. The minimum Gasteiger partial charge on any atom is -0.493 e. The molecule has 2 aliphatic heterocycles. The molecule has 210 valence electrons. The number of nitrogens with zero attached hydrogens (tertiary/aromatic N) is 3. The molecule has 2 aliphatic rings. The molecule has 0 bridgehead atoms. The molecule has 8 nitrogen and oxygen atoms in total. The lowest BCUT2D eigenvalue weighted by molar-refractivity contribution is 0.0608. The van der Waals surface area contributed by atoms with Gasteiger partial charge < -0.3 is 9.47 Å². The molecular weight excluding hydrogens is 541 g/mol. The Morgan fingerprint density at radius 2 is 1.74 bits per heavy atom. The molecule has 5 rings (SSSR count). The van der Waals surface area contributed by atoms with Crippen LogP contribution in [0.2, 0.25) is 0 Å². The summed E-state index contributed by atoms with van der Waals surface area (Å²) in [6, 6.07) is 14.4. The minimum atomic E-state index is -4.67. The van der Waals surface area contributed by atoms with Gasteiger partial charge in [0.05, 0.1) is 12.1 Å². The number of fused-ring (bicyclic) bond motifs is 1. The van der Waals surface area contributed by atoms with Gasteiger partial charge in [-0.3, -0.25) is 4.90 Å². The first-order valence-corrected chi connectivity index (χ1v) is 15.3. The first-order valence-electron chi connectivity index (χ1n) is 12.9. The summed E-state index contributed by atoms with van der Waals surface area (Å²) in [6.45, 7) is 7.09. The van der Waals surface area contributed by atoms with E-state index in [1.807, 2.05) is 36.4 Å². The third-order valence-corrected chi connectivity index (χ3v) is 8.53. The van der Waals surface area contributed by atoms with E-state index in [0.29, 0.717) is 28.6 Å². The van der Waals surface area contributed by atoms with Gasteiger partial charge in [-0.15, -0.1) is 15.6 Å². The fourth-order valence-corrected chi connectivity index (χ4v) is 6.51. The third kappa shape index (κ3) is 7.14. The second kappa shape index (κ2) is 12.4. The number of thiazole rings is 1. The van der Waals surface area contributed by atoms with Crippen LogP contribution in [0.1, 0.15) is 58.1 Å². The van der Waals surface area contributed by atoms with Crippen molar-refractivity contribution in [3.8, 4) is 5.75 Å². The lowest BCUT2D eigenvalue weighted by Crippen LogP contribution is -2.41. The van der Waals surface area contributed by atoms with E-state index in [4.69, 9.17) is 9.47 Å². The molecule has 0 spiro atoms. The van der Waals surface area contributed by atoms with Gasteiger partial charge >= 0.3 is 6.09 Å². The lowest BCUT2D eigenvalue weighted by Gasteiger charge is -2.38. The standard InChI is InChI=1S/C22H28FN3O5S2.C6H6/c1-22(2,3)31-21(27)26(20-13-32-14-24-20)33(28,29)19-12-18-15(11-16(19)23)17(7-10-30-18)25-8-5-4-6-9-25;1-2-4-6-5-3-1/h11-14,17H,4-10H2,1-3H3;1-6H. The number of aromatic nitrogens is 1. The monoisotopic (exact) mass is 575 g/mol. The Kier molecular flexibility index (Phi) is 9.24. The van der Waals surface area contributed by atoms with Crippen molar-refractivity contribution in [3.63, 3.8) is 0 Å². The zero-order chi connectivity index (χ0) is 28.0. The van der Waals surface area contributed by atoms with Crippen LogP contribution in [0, 0.1) is 5.82 Å². The topological polar surface area (TPSA) is 89.0 Å². The predicted octanol–water partition coefficient (Wildman–Crippen LogP) is 6.41. The smallest absolute Gasteiger partial charge is 0.430 e. The highest BCUT2D eigenvalue weighted by atomic mass is 32.2. The number of anilines is 1. The number of rotatable bonds is 4. The molecule has 1 amide bonds. The average molecular weight is 576 g/mol. The summed E-state index contributed by atoms with van der Waals surface area (Å²) >= 11 is 1.11. The summed E-state index contributed by atoms with van der Waals surface area (Å²) in [5.74, 6) is -0.775. The molecule has 1 aromatic heterocycles. The van der Waals surface area contributed by atoms with Crippen molar-refractivity contribution >= 4 is 33.3 Å². The minimum absolute atomic E-state index is 0.0270. The maximum absolute atomic E-state index is 15.4. The first-order chi connectivity index (χ1) is 18.6. The van der Waals surface area contributed by atoms with Crippen LogP contribution in [-0.2, 0) is 14.8 Å². The highest BCUT2D eigenvalue weighted by Crippen LogP contribution is 2.40. The van der Waals surface area contributed by atoms with Crippen LogP contribution >= 0.6 is 11.3 Å². The number of carbonyl (C=O) groups excluding carboxylic acids is 1. The fraction of sp³-hybridized carbons (Fsp3) is 0.429. The van der Waals surface area contributed by atoms with Crippen LogP contribution in [0.4, 0.5) is 15.0 Å². The van der Waals surface area contributed by atoms with Gasteiger partial charge in [0.1, 0.15) is 22.1 Å².